The Balaban J connectivity index is 0.000000343. The van der Waals surface area contributed by atoms with E-state index in [1.165, 1.54) is 86.9 Å². The maximum absolute atomic E-state index is 13.9. The summed E-state index contributed by atoms with van der Waals surface area (Å²) in [6.07, 6.45) is 4.27. The first-order chi connectivity index (χ1) is 65.6. The van der Waals surface area contributed by atoms with E-state index in [1.54, 1.807) is 92.2 Å². The number of nitrogens with one attached hydrogen (secondary N) is 1. The number of allylic oxidation sites excluding steroid dienone is 5. The van der Waals surface area contributed by atoms with Gasteiger partial charge in [0.2, 0.25) is 5.28 Å². The van der Waals surface area contributed by atoms with E-state index in [1.807, 2.05) is 87.4 Å². The molecule has 30 nitrogen and oxygen atoms in total. The van der Waals surface area contributed by atoms with Crippen LogP contribution in [0.3, 0.4) is 0 Å². The van der Waals surface area contributed by atoms with Crippen LogP contribution in [0.15, 0.2) is 141 Å². The average molecular weight is 2450 g/mol. The number of urea groups is 1. The maximum atomic E-state index is 13.9. The van der Waals surface area contributed by atoms with Gasteiger partial charge >= 0.3 is 47.9 Å². The summed E-state index contributed by atoms with van der Waals surface area (Å²) in [6, 6.07) is 27.4. The molecule has 1 N–H and O–H groups in total. The number of hydroxylamine groups is 2. The first kappa shape index (κ1) is 131. The molecule has 2 saturated carbocycles. The summed E-state index contributed by atoms with van der Waals surface area (Å²) in [7, 11) is 1.98. The van der Waals surface area contributed by atoms with Crippen LogP contribution in [0.4, 0.5) is 26.2 Å². The number of amides is 4. The molecular weight excluding hydrogens is 2340 g/mol. The molecule has 7 unspecified atom stereocenters. The molecular formula is C89H108Cl18FFeN8O22PS2. The smallest absolute Gasteiger partial charge is 0.759 e. The number of nitrogens with zero attached hydrogens (tertiary/aromatic N) is 7. The van der Waals surface area contributed by atoms with Crippen molar-refractivity contribution in [3.63, 3.8) is 0 Å². The molecule has 2 bridgehead atoms. The number of carbonyl (C=O) groups is 4. The molecule has 794 valence electrons. The number of ether oxygens (including phenoxy) is 9. The Labute approximate surface area is 932 Å². The fraction of sp³-hybridized carbons (Fsp3) is 0.517. The fourth-order valence-corrected chi connectivity index (χ4v) is 23.1. The molecule has 2 saturated heterocycles. The number of aryl methyl sites for hydroxylation is 2. The van der Waals surface area contributed by atoms with Crippen LogP contribution in [0, 0.1) is 37.4 Å². The van der Waals surface area contributed by atoms with Gasteiger partial charge < -0.3 is 70.9 Å². The van der Waals surface area contributed by atoms with Gasteiger partial charge in [0, 0.05) is 78.1 Å². The largest absolute Gasteiger partial charge is 2.00 e. The normalized spacial score (nSPS) is 24.8. The number of hydrogen-bond acceptors (Lipinski definition) is 26. The molecule has 0 spiro atoms. The van der Waals surface area contributed by atoms with Crippen molar-refractivity contribution in [2.45, 2.75) is 217 Å². The van der Waals surface area contributed by atoms with Crippen LogP contribution < -0.4 is 29.1 Å². The Kier molecular flexibility index (Phi) is 55.7. The summed E-state index contributed by atoms with van der Waals surface area (Å²) < 4.78 is 117. The molecule has 7 aromatic rings. The van der Waals surface area contributed by atoms with Crippen molar-refractivity contribution in [3.05, 3.63) is 174 Å². The topological polar surface area (TPSA) is 347 Å². The molecule has 9 atom stereocenters. The summed E-state index contributed by atoms with van der Waals surface area (Å²) in [5, 5.41) is 6.95. The quantitative estimate of drug-likeness (QED) is 0.0102. The SMILES string of the molecule is C=C(C)C1CC=C(C)CC1.CC1OC(C)OC(C)OC(C)O1.CCOP(=S)(OCC)Oc1nc(Cl)n(C(C)C)n1.COCC(=O)N(c1c(C)cccc1C)[C@H](C)C(=O)OC.CON(C)C(=O)Nc1ccc(Cl)c(Cl)c1.C[C@@H](Oc1ccc(Oc2nc3ccc(Cl)cc3o2)cc1)C(=O)N(C)c1ccccc1F.ClC1=C(Cl)C2(Cl)C3C(Cl)OC(Cl)C3C1(Cl)C2(Cl)Cl.Cl[C@H]1[C@H](Cl)[C@@H](Cl)[C@@H](Cl)[C@H](Cl)[C@H]1Cl.O=S(=O)([O-])[O-].[Fe+2]. The second-order valence-corrected chi connectivity index (χ2v) is 44.0. The number of esters is 1. The van der Waals surface area contributed by atoms with E-state index >= 15 is 0 Å². The number of benzene rings is 5. The van der Waals surface area contributed by atoms with Gasteiger partial charge in [0.15, 0.2) is 41.2 Å². The number of methoxy groups -OCH3 is 2. The van der Waals surface area contributed by atoms with Crippen molar-refractivity contribution in [3.8, 4) is 23.6 Å². The first-order valence-corrected chi connectivity index (χ1v) is 53.7. The van der Waals surface area contributed by atoms with Crippen LogP contribution in [0.25, 0.3) is 11.1 Å². The summed E-state index contributed by atoms with van der Waals surface area (Å²) in [4.78, 5) is 60.8. The van der Waals surface area contributed by atoms with Crippen molar-refractivity contribution in [1.82, 2.24) is 24.8 Å². The second kappa shape index (κ2) is 60.3. The van der Waals surface area contributed by atoms with Crippen LogP contribution in [0.5, 0.6) is 23.6 Å². The predicted octanol–water partition coefficient (Wildman–Crippen LogP) is 26.2. The first-order valence-electron chi connectivity index (χ1n) is 42.6. The molecule has 4 heterocycles. The molecule has 4 fully saturated rings. The van der Waals surface area contributed by atoms with Crippen molar-refractivity contribution in [2.24, 2.45) is 17.8 Å². The summed E-state index contributed by atoms with van der Waals surface area (Å²) in [5.74, 6) is -0.934. The molecule has 4 amide bonds. The zero-order chi connectivity index (χ0) is 107. The van der Waals surface area contributed by atoms with Crippen molar-refractivity contribution < 1.29 is 124 Å². The van der Waals surface area contributed by atoms with Crippen LogP contribution in [0.2, 0.25) is 20.4 Å². The number of hydrogen-bond donors (Lipinski definition) is 1. The Morgan fingerprint density at radius 1 is 0.683 bits per heavy atom. The fourth-order valence-electron chi connectivity index (χ4n) is 13.9. The van der Waals surface area contributed by atoms with Gasteiger partial charge in [-0.1, -0.05) is 159 Å². The summed E-state index contributed by atoms with van der Waals surface area (Å²) in [6.45, 7) is 28.0. The number of oxazole rings is 1. The second-order valence-electron chi connectivity index (χ2n) is 31.5. The monoisotopic (exact) mass is 2440 g/mol. The number of fused-ring (bicyclic) bond motifs is 6. The molecule has 13 rings (SSSR count). The van der Waals surface area contributed by atoms with E-state index in [9.17, 15) is 23.6 Å². The van der Waals surface area contributed by atoms with Crippen LogP contribution in [-0.2, 0) is 101 Å². The molecule has 0 radical (unpaired) electrons. The third-order valence-corrected chi connectivity index (χ3v) is 33.5. The zero-order valence-corrected chi connectivity index (χ0v) is 96.9. The maximum Gasteiger partial charge on any atom is 2.00 e. The van der Waals surface area contributed by atoms with Crippen LogP contribution >= 0.6 is 216 Å². The van der Waals surface area contributed by atoms with Gasteiger partial charge in [0.05, 0.1) is 91.2 Å². The Bertz CT molecular complexity index is 5360. The zero-order valence-electron chi connectivity index (χ0n) is 79.6. The molecule has 142 heavy (non-hydrogen) atoms. The van der Waals surface area contributed by atoms with E-state index in [4.69, 9.17) is 304 Å². The number of para-hydroxylation sites is 2. The Morgan fingerprint density at radius 2 is 1.17 bits per heavy atom. The van der Waals surface area contributed by atoms with E-state index in [2.05, 4.69) is 46.9 Å². The third-order valence-electron chi connectivity index (χ3n) is 20.8. The molecule has 2 aromatic heterocycles. The minimum Gasteiger partial charge on any atom is -0.759 e. The van der Waals surface area contributed by atoms with Gasteiger partial charge in [-0.05, 0) is 212 Å². The molecule has 2 aliphatic heterocycles. The molecule has 53 heteroatoms. The van der Waals surface area contributed by atoms with Gasteiger partial charge in [-0.3, -0.25) is 36.8 Å². The van der Waals surface area contributed by atoms with E-state index < -0.39 is 116 Å². The number of rotatable bonds is 21. The van der Waals surface area contributed by atoms with Gasteiger partial charge in [-0.15, -0.1) is 97.9 Å². The Morgan fingerprint density at radius 3 is 1.59 bits per heavy atom. The van der Waals surface area contributed by atoms with Crippen LogP contribution in [0.1, 0.15) is 120 Å². The Hall–Kier alpha value is -3.16. The number of carbonyl (C=O) groups excluding carboxylic acids is 4. The van der Waals surface area contributed by atoms with E-state index in [0.717, 1.165) is 27.8 Å². The molecule has 6 aliphatic rings. The van der Waals surface area contributed by atoms with Gasteiger partial charge in [-0.25, -0.2) is 23.7 Å². The summed E-state index contributed by atoms with van der Waals surface area (Å²) >= 11 is 114. The van der Waals surface area contributed by atoms with E-state index in [0.29, 0.717) is 56.6 Å². The van der Waals surface area contributed by atoms with Crippen LogP contribution in [-0.4, -0.2) is 216 Å². The van der Waals surface area contributed by atoms with E-state index in [-0.39, 0.29) is 99.8 Å². The molecule has 5 aromatic carbocycles. The third kappa shape index (κ3) is 36.8. The number of aromatic nitrogens is 4. The minimum atomic E-state index is -5.17. The number of anilines is 3. The number of alkyl halides is 12. The van der Waals surface area contributed by atoms with Gasteiger partial charge in [-0.2, -0.15) is 9.97 Å². The standard InChI is InChI=1S/C23H18ClFN2O4.C15H21NO4.C10H16.C9H4Cl8O.C9H10Cl2N2O2.C9H17ClN3O3PS.C8H16O4.C6H6Cl6.Fe.H2O4S/c1-14(22(28)27(2)20-6-4-3-5-18(20)25)29-16-8-10-17(11-9-16)30-23-26-19-12-7-15(24)13-21(19)31-23;1-10-7-6-8-11(2)14(10)16(13(17)9-19-4)12(3)15(18)20-5;1-8(2)10-6-4-9(3)5-7-10;10-3-4(11)8(15)2-1(5(12)18-6(2)13)7(3,14)9(8,16)17;1-13(15-2)9(14)12-6-3-4-7(10)8(11)5-6;1-5-14-17(18,15-6-2)16-9-11-8(10)13(12-9)7(3)4;1-5-9-6(2)11-8(4)12-7(3)10-5;7-1-2(8)4(10)6(12)5(11)3(1)9;;1-5(2,3)4/h3-14H,1-2H3;6-8,12H,9H2,1-5H3;4,10H,1,5-7H2,2-3H3;1-2,5-6H;3-5H,1-2H3,(H,12,14);7H,5-6H2,1-4H3;5-8H,1-4H3;1-6H;;(H2,1,2,3,4)/q;;;;;;;;+2;/p-2/t14-;12-;;;;;;1-,2-,3-,4+,5+,6+;;/m11......../s1. The predicted molar refractivity (Wildman–Crippen MR) is 560 cm³/mol. The summed E-state index contributed by atoms with van der Waals surface area (Å²) in [5.41, 5.74) is 5.80. The van der Waals surface area contributed by atoms with Gasteiger partial charge in [0.25, 0.3) is 11.8 Å². The van der Waals surface area contributed by atoms with Crippen molar-refractivity contribution in [1.29, 1.82) is 0 Å². The number of halogens is 19. The minimum absolute atomic E-state index is 0. The van der Waals surface area contributed by atoms with Crippen molar-refractivity contribution >= 4 is 290 Å². The molecule has 4 aliphatic carbocycles. The number of likely N-dealkylation sites (N-methyl/N-ethyl adjacent to an activating group) is 1. The van der Waals surface area contributed by atoms with Gasteiger partial charge in [0.1, 0.15) is 56.4 Å². The average Bonchev–Trinajstić information content (AvgIpc) is 1.47. The van der Waals surface area contributed by atoms with Crippen molar-refractivity contribution in [2.75, 3.05) is 70.4 Å².